The zero-order valence-electron chi connectivity index (χ0n) is 11.3. The first-order valence-corrected chi connectivity index (χ1v) is 8.66. The van der Waals surface area contributed by atoms with Gasteiger partial charge in [-0.3, -0.25) is 0 Å². The third-order valence-corrected chi connectivity index (χ3v) is 4.32. The molecule has 0 radical (unpaired) electrons. The second kappa shape index (κ2) is 5.82. The van der Waals surface area contributed by atoms with E-state index in [-0.39, 0.29) is 4.90 Å². The van der Waals surface area contributed by atoms with E-state index in [9.17, 15) is 8.42 Å². The summed E-state index contributed by atoms with van der Waals surface area (Å²) in [5, 5.41) is 4.14. The van der Waals surface area contributed by atoms with Crippen molar-refractivity contribution in [3.05, 3.63) is 67.0 Å². The number of hydrogen-bond donors (Lipinski definition) is 0. The zero-order chi connectivity index (χ0) is 15.6. The molecule has 0 saturated carbocycles. The Balaban J connectivity index is 1.76. The van der Waals surface area contributed by atoms with E-state index in [4.69, 9.17) is 15.4 Å². The summed E-state index contributed by atoms with van der Waals surface area (Å²) in [6.45, 7) is 0. The summed E-state index contributed by atoms with van der Waals surface area (Å²) in [6, 6.07) is 15.1. The third-order valence-electron chi connectivity index (χ3n) is 2.95. The molecule has 0 N–H and O–H groups in total. The summed E-state index contributed by atoms with van der Waals surface area (Å²) >= 11 is 0. The van der Waals surface area contributed by atoms with Gasteiger partial charge in [-0.25, -0.2) is 13.1 Å². The summed E-state index contributed by atoms with van der Waals surface area (Å²) in [6.07, 6.45) is 3.55. The van der Waals surface area contributed by atoms with Gasteiger partial charge in [0.05, 0.1) is 10.6 Å². The van der Waals surface area contributed by atoms with Crippen LogP contribution in [0.1, 0.15) is 0 Å². The fourth-order valence-electron chi connectivity index (χ4n) is 1.89. The van der Waals surface area contributed by atoms with Gasteiger partial charge in [-0.1, -0.05) is 0 Å². The molecule has 3 rings (SSSR count). The highest BCUT2D eigenvalue weighted by Gasteiger charge is 2.09. The van der Waals surface area contributed by atoms with Crippen LogP contribution in [-0.4, -0.2) is 18.2 Å². The Morgan fingerprint density at radius 2 is 1.55 bits per heavy atom. The first kappa shape index (κ1) is 14.6. The van der Waals surface area contributed by atoms with Gasteiger partial charge >= 0.3 is 0 Å². The van der Waals surface area contributed by atoms with Crippen LogP contribution in [0.5, 0.6) is 11.5 Å². The predicted octanol–water partition coefficient (Wildman–Crippen LogP) is 3.59. The normalized spacial score (nSPS) is 11.3. The molecule has 5 nitrogen and oxygen atoms in total. The number of ether oxygens (including phenoxy) is 1. The van der Waals surface area contributed by atoms with Crippen molar-refractivity contribution in [3.63, 3.8) is 0 Å². The lowest BCUT2D eigenvalue weighted by Crippen LogP contribution is -1.94. The molecule has 1 heterocycles. The maximum atomic E-state index is 11.2. The van der Waals surface area contributed by atoms with Crippen LogP contribution in [-0.2, 0) is 9.05 Å². The summed E-state index contributed by atoms with van der Waals surface area (Å²) in [5.74, 6) is 1.16. The van der Waals surface area contributed by atoms with Crippen molar-refractivity contribution < 1.29 is 13.2 Å². The first-order valence-electron chi connectivity index (χ1n) is 6.35. The number of hydrogen-bond acceptors (Lipinski definition) is 4. The molecule has 0 atom stereocenters. The number of halogens is 1. The largest absolute Gasteiger partial charge is 0.457 e. The molecule has 3 aromatic rings. The van der Waals surface area contributed by atoms with Gasteiger partial charge in [-0.05, 0) is 54.6 Å². The summed E-state index contributed by atoms with van der Waals surface area (Å²) < 4.78 is 29.7. The molecule has 22 heavy (non-hydrogen) atoms. The van der Waals surface area contributed by atoms with Crippen molar-refractivity contribution in [2.45, 2.75) is 4.90 Å². The first-order chi connectivity index (χ1) is 10.5. The molecule has 0 saturated heterocycles. The molecule has 0 aliphatic heterocycles. The van der Waals surface area contributed by atoms with Crippen molar-refractivity contribution in [2.75, 3.05) is 0 Å². The van der Waals surface area contributed by atoms with E-state index in [0.717, 1.165) is 5.69 Å². The number of nitrogens with zero attached hydrogens (tertiary/aromatic N) is 2. The summed E-state index contributed by atoms with van der Waals surface area (Å²) in [5.41, 5.74) is 0.918. The summed E-state index contributed by atoms with van der Waals surface area (Å²) in [7, 11) is 1.54. The quantitative estimate of drug-likeness (QED) is 0.684. The molecule has 0 bridgehead atoms. The Bertz CT molecular complexity index is 858. The Kier molecular flexibility index (Phi) is 3.87. The van der Waals surface area contributed by atoms with Crippen molar-refractivity contribution in [1.82, 2.24) is 9.78 Å². The predicted molar refractivity (Wildman–Crippen MR) is 83.1 cm³/mol. The van der Waals surface area contributed by atoms with E-state index in [1.807, 2.05) is 36.5 Å². The van der Waals surface area contributed by atoms with E-state index in [1.165, 1.54) is 12.1 Å². The van der Waals surface area contributed by atoms with Gasteiger partial charge in [0.1, 0.15) is 11.5 Å². The average Bonchev–Trinajstić information content (AvgIpc) is 3.02. The zero-order valence-corrected chi connectivity index (χ0v) is 12.8. The lowest BCUT2D eigenvalue weighted by atomic mass is 10.3. The molecule has 0 aliphatic rings. The molecule has 0 fully saturated rings. The maximum Gasteiger partial charge on any atom is 0.261 e. The molecule has 7 heteroatoms. The highest BCUT2D eigenvalue weighted by molar-refractivity contribution is 8.13. The van der Waals surface area contributed by atoms with Crippen LogP contribution >= 0.6 is 10.7 Å². The highest BCUT2D eigenvalue weighted by atomic mass is 35.7. The smallest absolute Gasteiger partial charge is 0.261 e. The van der Waals surface area contributed by atoms with Gasteiger partial charge in [-0.15, -0.1) is 0 Å². The van der Waals surface area contributed by atoms with Crippen molar-refractivity contribution in [1.29, 1.82) is 0 Å². The van der Waals surface area contributed by atoms with Crippen LogP contribution in [0.15, 0.2) is 71.9 Å². The van der Waals surface area contributed by atoms with Crippen LogP contribution in [0.4, 0.5) is 0 Å². The van der Waals surface area contributed by atoms with Crippen molar-refractivity contribution in [3.8, 4) is 17.2 Å². The minimum Gasteiger partial charge on any atom is -0.457 e. The Labute approximate surface area is 132 Å². The molecule has 1 aromatic heterocycles. The number of aromatic nitrogens is 2. The summed E-state index contributed by atoms with van der Waals surface area (Å²) in [4.78, 5) is 0.0375. The van der Waals surface area contributed by atoms with Crippen LogP contribution < -0.4 is 4.74 Å². The lowest BCUT2D eigenvalue weighted by Gasteiger charge is -2.07. The third kappa shape index (κ3) is 3.29. The fraction of sp³-hybridized carbons (Fsp3) is 0. The second-order valence-corrected chi connectivity index (χ2v) is 7.02. The molecule has 0 aliphatic carbocycles. The van der Waals surface area contributed by atoms with Crippen LogP contribution in [0.25, 0.3) is 5.69 Å². The second-order valence-electron chi connectivity index (χ2n) is 4.46. The molecule has 0 amide bonds. The van der Waals surface area contributed by atoms with Crippen molar-refractivity contribution in [2.24, 2.45) is 0 Å². The monoisotopic (exact) mass is 334 g/mol. The Morgan fingerprint density at radius 3 is 2.05 bits per heavy atom. The SMILES string of the molecule is O=S(=O)(Cl)c1ccc(Oc2ccc(-n3cccn3)cc2)cc1. The minimum absolute atomic E-state index is 0.0375. The molecule has 2 aromatic carbocycles. The average molecular weight is 335 g/mol. The van der Waals surface area contributed by atoms with Gasteiger partial charge in [0.25, 0.3) is 9.05 Å². The Morgan fingerprint density at radius 1 is 0.955 bits per heavy atom. The van der Waals surface area contributed by atoms with E-state index in [2.05, 4.69) is 5.10 Å². The standard InChI is InChI=1S/C15H11ClN2O3S/c16-22(19,20)15-8-6-14(7-9-15)21-13-4-2-12(3-5-13)18-11-1-10-17-18/h1-11H. The molecular weight excluding hydrogens is 324 g/mol. The molecular formula is C15H11ClN2O3S. The van der Waals surface area contributed by atoms with E-state index < -0.39 is 9.05 Å². The maximum absolute atomic E-state index is 11.2. The number of benzene rings is 2. The molecule has 112 valence electrons. The van der Waals surface area contributed by atoms with Crippen LogP contribution in [0.3, 0.4) is 0 Å². The lowest BCUT2D eigenvalue weighted by molar-refractivity contribution is 0.482. The van der Waals surface area contributed by atoms with Crippen LogP contribution in [0.2, 0.25) is 0 Å². The minimum atomic E-state index is -3.72. The van der Waals surface area contributed by atoms with Gasteiger partial charge in [0, 0.05) is 23.1 Å². The highest BCUT2D eigenvalue weighted by Crippen LogP contribution is 2.24. The van der Waals surface area contributed by atoms with E-state index >= 15 is 0 Å². The molecule has 0 spiro atoms. The molecule has 0 unspecified atom stereocenters. The Hall–Kier alpha value is -2.31. The van der Waals surface area contributed by atoms with Crippen molar-refractivity contribution >= 4 is 19.7 Å². The van der Waals surface area contributed by atoms with Gasteiger partial charge in [0.15, 0.2) is 0 Å². The fourth-order valence-corrected chi connectivity index (χ4v) is 2.66. The van der Waals surface area contributed by atoms with Gasteiger partial charge in [0.2, 0.25) is 0 Å². The van der Waals surface area contributed by atoms with Gasteiger partial charge < -0.3 is 4.74 Å². The van der Waals surface area contributed by atoms with E-state index in [1.54, 1.807) is 23.0 Å². The van der Waals surface area contributed by atoms with Gasteiger partial charge in [-0.2, -0.15) is 5.10 Å². The number of rotatable bonds is 4. The van der Waals surface area contributed by atoms with E-state index in [0.29, 0.717) is 11.5 Å². The topological polar surface area (TPSA) is 61.2 Å². The van der Waals surface area contributed by atoms with Crippen LogP contribution in [0, 0.1) is 0 Å².